The highest BCUT2D eigenvalue weighted by atomic mass is 16.5. The Bertz CT molecular complexity index is 423. The van der Waals surface area contributed by atoms with E-state index in [-0.39, 0.29) is 18.5 Å². The van der Waals surface area contributed by atoms with E-state index < -0.39 is 0 Å². The number of Topliss-reactive ketones (excluding diaryl/α,β-unsaturated/α-hetero) is 1. The summed E-state index contributed by atoms with van der Waals surface area (Å²) in [5.74, 6) is 0.0923. The number of piperidine rings is 1. The third-order valence-electron chi connectivity index (χ3n) is 3.64. The second kappa shape index (κ2) is 6.12. The molecule has 0 aromatic heterocycles. The zero-order valence-corrected chi connectivity index (χ0v) is 11.2. The Kier molecular flexibility index (Phi) is 4.50. The molecule has 0 saturated carbocycles. The van der Waals surface area contributed by atoms with Crippen LogP contribution < -0.4 is 5.32 Å². The van der Waals surface area contributed by atoms with Crippen molar-refractivity contribution in [3.63, 3.8) is 0 Å². The Morgan fingerprint density at radius 3 is 2.78 bits per heavy atom. The quantitative estimate of drug-likeness (QED) is 0.829. The molecule has 0 amide bonds. The molecule has 3 nitrogen and oxygen atoms in total. The monoisotopic (exact) mass is 247 g/mol. The van der Waals surface area contributed by atoms with Crippen molar-refractivity contribution < 1.29 is 9.53 Å². The maximum Gasteiger partial charge on any atom is 0.188 e. The van der Waals surface area contributed by atoms with E-state index in [1.807, 2.05) is 32.0 Å². The molecule has 18 heavy (non-hydrogen) atoms. The molecule has 1 N–H and O–H groups in total. The summed E-state index contributed by atoms with van der Waals surface area (Å²) >= 11 is 0. The number of ketones is 1. The van der Waals surface area contributed by atoms with Crippen LogP contribution in [0.2, 0.25) is 0 Å². The number of carbonyl (C=O) groups excluding carboxylic acids is 1. The van der Waals surface area contributed by atoms with Gasteiger partial charge in [0.05, 0.1) is 6.10 Å². The third-order valence-corrected chi connectivity index (χ3v) is 3.64. The van der Waals surface area contributed by atoms with Crippen LogP contribution in [0.4, 0.5) is 0 Å². The average Bonchev–Trinajstić information content (AvgIpc) is 2.40. The van der Waals surface area contributed by atoms with Gasteiger partial charge < -0.3 is 10.1 Å². The smallest absolute Gasteiger partial charge is 0.188 e. The zero-order chi connectivity index (χ0) is 13.0. The van der Waals surface area contributed by atoms with Crippen molar-refractivity contribution in [2.75, 3.05) is 19.7 Å². The molecule has 1 aliphatic rings. The van der Waals surface area contributed by atoms with Crippen molar-refractivity contribution in [1.29, 1.82) is 0 Å². The predicted molar refractivity (Wildman–Crippen MR) is 72.1 cm³/mol. The molecule has 0 bridgehead atoms. The van der Waals surface area contributed by atoms with Gasteiger partial charge in [-0.3, -0.25) is 4.79 Å². The van der Waals surface area contributed by atoms with E-state index in [0.717, 1.165) is 42.6 Å². The van der Waals surface area contributed by atoms with Crippen LogP contribution in [0.25, 0.3) is 0 Å². The SMILES string of the molecule is Cc1cccc(C(=O)COC2CCNCC2)c1C. The molecular weight excluding hydrogens is 226 g/mol. The highest BCUT2D eigenvalue weighted by molar-refractivity contribution is 5.98. The normalized spacial score (nSPS) is 16.8. The number of ether oxygens (including phenoxy) is 1. The summed E-state index contributed by atoms with van der Waals surface area (Å²) in [6, 6.07) is 5.84. The average molecular weight is 247 g/mol. The van der Waals surface area contributed by atoms with Gasteiger partial charge in [-0.2, -0.15) is 0 Å². The van der Waals surface area contributed by atoms with Gasteiger partial charge in [-0.1, -0.05) is 18.2 Å². The second-order valence-electron chi connectivity index (χ2n) is 4.93. The van der Waals surface area contributed by atoms with Crippen LogP contribution in [0.1, 0.15) is 34.3 Å². The molecule has 2 rings (SSSR count). The van der Waals surface area contributed by atoms with E-state index in [0.29, 0.717) is 0 Å². The summed E-state index contributed by atoms with van der Waals surface area (Å²) in [5, 5.41) is 3.29. The van der Waals surface area contributed by atoms with E-state index in [9.17, 15) is 4.79 Å². The van der Waals surface area contributed by atoms with Gasteiger partial charge in [0.15, 0.2) is 5.78 Å². The number of hydrogen-bond acceptors (Lipinski definition) is 3. The fourth-order valence-corrected chi connectivity index (χ4v) is 2.29. The van der Waals surface area contributed by atoms with Gasteiger partial charge in [0.25, 0.3) is 0 Å². The minimum atomic E-state index is 0.0923. The molecule has 3 heteroatoms. The van der Waals surface area contributed by atoms with Crippen molar-refractivity contribution in [2.24, 2.45) is 0 Å². The summed E-state index contributed by atoms with van der Waals surface area (Å²) < 4.78 is 5.70. The second-order valence-corrected chi connectivity index (χ2v) is 4.93. The van der Waals surface area contributed by atoms with Gasteiger partial charge in [0, 0.05) is 5.56 Å². The molecule has 98 valence electrons. The third kappa shape index (κ3) is 3.18. The molecule has 1 aliphatic heterocycles. The molecule has 1 heterocycles. The van der Waals surface area contributed by atoms with Crippen LogP contribution in [-0.4, -0.2) is 31.6 Å². The molecule has 0 unspecified atom stereocenters. The van der Waals surface area contributed by atoms with Crippen LogP contribution in [0.15, 0.2) is 18.2 Å². The summed E-state index contributed by atoms with van der Waals surface area (Å²) in [4.78, 5) is 12.1. The van der Waals surface area contributed by atoms with Crippen molar-refractivity contribution >= 4 is 5.78 Å². The lowest BCUT2D eigenvalue weighted by Gasteiger charge is -2.22. The molecule has 0 atom stereocenters. The Hall–Kier alpha value is -1.19. The van der Waals surface area contributed by atoms with Crippen LogP contribution in [-0.2, 0) is 4.74 Å². The summed E-state index contributed by atoms with van der Waals surface area (Å²) in [5.41, 5.74) is 3.02. The van der Waals surface area contributed by atoms with Gasteiger partial charge in [-0.25, -0.2) is 0 Å². The summed E-state index contributed by atoms with van der Waals surface area (Å²) in [6.07, 6.45) is 2.24. The van der Waals surface area contributed by atoms with Gasteiger partial charge in [-0.05, 0) is 50.9 Å². The molecule has 0 aliphatic carbocycles. The van der Waals surface area contributed by atoms with Crippen LogP contribution in [0.3, 0.4) is 0 Å². The Labute approximate surface area is 109 Å². The molecule has 1 fully saturated rings. The minimum Gasteiger partial charge on any atom is -0.370 e. The van der Waals surface area contributed by atoms with E-state index in [2.05, 4.69) is 5.32 Å². The number of carbonyl (C=O) groups is 1. The summed E-state index contributed by atoms with van der Waals surface area (Å²) in [6.45, 7) is 6.20. The molecule has 1 aromatic rings. The maximum atomic E-state index is 12.1. The number of rotatable bonds is 4. The Morgan fingerprint density at radius 2 is 2.06 bits per heavy atom. The van der Waals surface area contributed by atoms with Crippen molar-refractivity contribution in [1.82, 2.24) is 5.32 Å². The van der Waals surface area contributed by atoms with Crippen LogP contribution >= 0.6 is 0 Å². The summed E-state index contributed by atoms with van der Waals surface area (Å²) in [7, 11) is 0. The number of benzene rings is 1. The van der Waals surface area contributed by atoms with Crippen molar-refractivity contribution in [3.8, 4) is 0 Å². The Balaban J connectivity index is 1.93. The lowest BCUT2D eigenvalue weighted by molar-refractivity contribution is 0.0317. The highest BCUT2D eigenvalue weighted by Gasteiger charge is 2.16. The van der Waals surface area contributed by atoms with Crippen molar-refractivity contribution in [3.05, 3.63) is 34.9 Å². The lowest BCUT2D eigenvalue weighted by Crippen LogP contribution is -2.33. The van der Waals surface area contributed by atoms with Crippen LogP contribution in [0, 0.1) is 13.8 Å². The van der Waals surface area contributed by atoms with Gasteiger partial charge in [0.1, 0.15) is 6.61 Å². The highest BCUT2D eigenvalue weighted by Crippen LogP contribution is 2.14. The topological polar surface area (TPSA) is 38.3 Å². The minimum absolute atomic E-state index is 0.0923. The first-order valence-corrected chi connectivity index (χ1v) is 6.60. The number of hydrogen-bond donors (Lipinski definition) is 1. The molecule has 1 saturated heterocycles. The number of nitrogens with one attached hydrogen (secondary N) is 1. The van der Waals surface area contributed by atoms with E-state index in [4.69, 9.17) is 4.74 Å². The van der Waals surface area contributed by atoms with Crippen molar-refractivity contribution in [2.45, 2.75) is 32.8 Å². The number of aryl methyl sites for hydroxylation is 1. The van der Waals surface area contributed by atoms with E-state index in [1.54, 1.807) is 0 Å². The standard InChI is InChI=1S/C15H21NO2/c1-11-4-3-5-14(12(11)2)15(17)10-18-13-6-8-16-9-7-13/h3-5,13,16H,6-10H2,1-2H3. The lowest BCUT2D eigenvalue weighted by atomic mass is 10.0. The Morgan fingerprint density at radius 1 is 1.33 bits per heavy atom. The molecule has 0 radical (unpaired) electrons. The maximum absolute atomic E-state index is 12.1. The van der Waals surface area contributed by atoms with E-state index in [1.165, 1.54) is 0 Å². The van der Waals surface area contributed by atoms with Crippen LogP contribution in [0.5, 0.6) is 0 Å². The fourth-order valence-electron chi connectivity index (χ4n) is 2.29. The fraction of sp³-hybridized carbons (Fsp3) is 0.533. The largest absolute Gasteiger partial charge is 0.370 e. The predicted octanol–water partition coefficient (Wildman–Crippen LogP) is 2.25. The molecular formula is C15H21NO2. The molecule has 0 spiro atoms. The zero-order valence-electron chi connectivity index (χ0n) is 11.2. The first-order valence-electron chi connectivity index (χ1n) is 6.60. The van der Waals surface area contributed by atoms with E-state index >= 15 is 0 Å². The molecule has 1 aromatic carbocycles. The van der Waals surface area contributed by atoms with Gasteiger partial charge >= 0.3 is 0 Å². The van der Waals surface area contributed by atoms with Gasteiger partial charge in [-0.15, -0.1) is 0 Å². The van der Waals surface area contributed by atoms with Gasteiger partial charge in [0.2, 0.25) is 0 Å². The first kappa shape index (κ1) is 13.2. The first-order chi connectivity index (χ1) is 8.68.